The Morgan fingerprint density at radius 1 is 1.24 bits per heavy atom. The molecule has 108 valence electrons. The van der Waals surface area contributed by atoms with Crippen LogP contribution in [-0.2, 0) is 11.2 Å². The average molecular weight is 322 g/mol. The third-order valence-electron chi connectivity index (χ3n) is 2.81. The molecule has 21 heavy (non-hydrogen) atoms. The summed E-state index contributed by atoms with van der Waals surface area (Å²) < 4.78 is 0. The van der Waals surface area contributed by atoms with Crippen molar-refractivity contribution in [2.45, 2.75) is 6.42 Å². The molecule has 0 saturated carbocycles. The SMILES string of the molecule is C=C(N)NC(=O)Cc1c(Cl)ccc(-c2ccncc2)c1Cl. The number of nitrogens with two attached hydrogens (primary N) is 1. The monoisotopic (exact) mass is 321 g/mol. The molecule has 3 N–H and O–H groups in total. The van der Waals surface area contributed by atoms with Gasteiger partial charge >= 0.3 is 0 Å². The molecule has 0 aliphatic carbocycles. The summed E-state index contributed by atoms with van der Waals surface area (Å²) >= 11 is 12.5. The maximum atomic E-state index is 11.8. The molecule has 0 unspecified atom stereocenters. The van der Waals surface area contributed by atoms with Crippen molar-refractivity contribution in [3.63, 3.8) is 0 Å². The lowest BCUT2D eigenvalue weighted by Crippen LogP contribution is -2.28. The summed E-state index contributed by atoms with van der Waals surface area (Å²) in [7, 11) is 0. The highest BCUT2D eigenvalue weighted by molar-refractivity contribution is 6.38. The molecule has 0 atom stereocenters. The van der Waals surface area contributed by atoms with Crippen LogP contribution in [0.3, 0.4) is 0 Å². The van der Waals surface area contributed by atoms with E-state index in [9.17, 15) is 4.79 Å². The molecule has 1 amide bonds. The van der Waals surface area contributed by atoms with Crippen molar-refractivity contribution in [1.82, 2.24) is 10.3 Å². The van der Waals surface area contributed by atoms with E-state index in [1.807, 2.05) is 18.2 Å². The fourth-order valence-corrected chi connectivity index (χ4v) is 2.51. The van der Waals surface area contributed by atoms with E-state index in [-0.39, 0.29) is 18.1 Å². The van der Waals surface area contributed by atoms with Gasteiger partial charge in [-0.05, 0) is 29.3 Å². The molecule has 0 radical (unpaired) electrons. The standard InChI is InChI=1S/C15H13Cl2N3O/c1-9(18)20-14(21)8-12-13(16)3-2-11(15(12)17)10-4-6-19-7-5-10/h2-7H,1,8,18H2,(H,20,21). The third-order valence-corrected chi connectivity index (χ3v) is 3.60. The van der Waals surface area contributed by atoms with E-state index in [1.165, 1.54) is 0 Å². The van der Waals surface area contributed by atoms with Crippen LogP contribution in [0.1, 0.15) is 5.56 Å². The minimum atomic E-state index is -0.321. The molecule has 4 nitrogen and oxygen atoms in total. The van der Waals surface area contributed by atoms with Crippen LogP contribution in [0, 0.1) is 0 Å². The predicted molar refractivity (Wildman–Crippen MR) is 84.9 cm³/mol. The molecule has 1 aromatic heterocycles. The fourth-order valence-electron chi connectivity index (χ4n) is 1.90. The number of hydrogen-bond donors (Lipinski definition) is 2. The van der Waals surface area contributed by atoms with Gasteiger partial charge in [-0.25, -0.2) is 0 Å². The minimum Gasteiger partial charge on any atom is -0.386 e. The van der Waals surface area contributed by atoms with Gasteiger partial charge in [0.15, 0.2) is 0 Å². The Hall–Kier alpha value is -2.04. The normalized spacial score (nSPS) is 10.2. The first-order valence-electron chi connectivity index (χ1n) is 6.10. The minimum absolute atomic E-state index is 0.0206. The maximum Gasteiger partial charge on any atom is 0.229 e. The number of carbonyl (C=O) groups excluding carboxylic acids is 1. The quantitative estimate of drug-likeness (QED) is 0.909. The van der Waals surface area contributed by atoms with Crippen molar-refractivity contribution < 1.29 is 4.79 Å². The Morgan fingerprint density at radius 2 is 1.90 bits per heavy atom. The molecule has 2 rings (SSSR count). The average Bonchev–Trinajstić information content (AvgIpc) is 2.43. The lowest BCUT2D eigenvalue weighted by atomic mass is 10.0. The summed E-state index contributed by atoms with van der Waals surface area (Å²) in [6.45, 7) is 3.42. The lowest BCUT2D eigenvalue weighted by molar-refractivity contribution is -0.119. The van der Waals surface area contributed by atoms with Gasteiger partial charge < -0.3 is 11.1 Å². The number of benzene rings is 1. The van der Waals surface area contributed by atoms with Crippen LogP contribution in [0.5, 0.6) is 0 Å². The number of hydrogen-bond acceptors (Lipinski definition) is 3. The molecule has 0 aliphatic rings. The van der Waals surface area contributed by atoms with E-state index < -0.39 is 0 Å². The zero-order valence-corrected chi connectivity index (χ0v) is 12.6. The largest absolute Gasteiger partial charge is 0.386 e. The number of carbonyl (C=O) groups is 1. The number of amides is 1. The van der Waals surface area contributed by atoms with Crippen molar-refractivity contribution in [3.8, 4) is 11.1 Å². The third kappa shape index (κ3) is 3.74. The molecule has 0 spiro atoms. The van der Waals surface area contributed by atoms with Gasteiger partial charge in [-0.3, -0.25) is 9.78 Å². The summed E-state index contributed by atoms with van der Waals surface area (Å²) in [5, 5.41) is 3.29. The first kappa shape index (κ1) is 15.4. The maximum absolute atomic E-state index is 11.8. The second-order valence-corrected chi connectivity index (χ2v) is 5.16. The predicted octanol–water partition coefficient (Wildman–Crippen LogP) is 3.14. The molecule has 1 aromatic carbocycles. The van der Waals surface area contributed by atoms with Crippen LogP contribution in [0.25, 0.3) is 11.1 Å². The summed E-state index contributed by atoms with van der Waals surface area (Å²) in [6, 6.07) is 7.19. The highest BCUT2D eigenvalue weighted by Gasteiger charge is 2.15. The Labute approximate surface area is 132 Å². The molecule has 0 fully saturated rings. The summed E-state index contributed by atoms with van der Waals surface area (Å²) in [5.74, 6) is -0.240. The van der Waals surface area contributed by atoms with Gasteiger partial charge in [-0.15, -0.1) is 0 Å². The topological polar surface area (TPSA) is 68.0 Å². The molecule has 6 heteroatoms. The molecule has 1 heterocycles. The molecule has 0 bridgehead atoms. The summed E-state index contributed by atoms with van der Waals surface area (Å²) in [6.07, 6.45) is 3.36. The van der Waals surface area contributed by atoms with E-state index in [1.54, 1.807) is 18.5 Å². The Bertz CT molecular complexity index is 687. The van der Waals surface area contributed by atoms with E-state index >= 15 is 0 Å². The van der Waals surface area contributed by atoms with Gasteiger partial charge in [0.1, 0.15) is 0 Å². The van der Waals surface area contributed by atoms with E-state index in [0.717, 1.165) is 11.1 Å². The second-order valence-electron chi connectivity index (χ2n) is 4.37. The zero-order valence-electron chi connectivity index (χ0n) is 11.1. The van der Waals surface area contributed by atoms with Crippen LogP contribution in [0.15, 0.2) is 49.1 Å². The number of nitrogens with one attached hydrogen (secondary N) is 1. The molecule has 0 aliphatic heterocycles. The number of rotatable bonds is 4. The second kappa shape index (κ2) is 6.61. The lowest BCUT2D eigenvalue weighted by Gasteiger charge is -2.12. The van der Waals surface area contributed by atoms with Crippen molar-refractivity contribution in [1.29, 1.82) is 0 Å². The summed E-state index contributed by atoms with van der Waals surface area (Å²) in [4.78, 5) is 15.8. The Morgan fingerprint density at radius 3 is 2.52 bits per heavy atom. The summed E-state index contributed by atoms with van der Waals surface area (Å²) in [5.41, 5.74) is 7.58. The first-order chi connectivity index (χ1) is 9.99. The van der Waals surface area contributed by atoms with Crippen LogP contribution in [0.2, 0.25) is 10.0 Å². The Balaban J connectivity index is 2.38. The number of pyridine rings is 1. The number of aromatic nitrogens is 1. The van der Waals surface area contributed by atoms with Crippen molar-refractivity contribution in [2.24, 2.45) is 5.73 Å². The number of halogens is 2. The van der Waals surface area contributed by atoms with Crippen molar-refractivity contribution in [2.75, 3.05) is 0 Å². The smallest absolute Gasteiger partial charge is 0.229 e. The van der Waals surface area contributed by atoms with Gasteiger partial charge in [0.05, 0.1) is 17.3 Å². The van der Waals surface area contributed by atoms with Gasteiger partial charge in [0.2, 0.25) is 5.91 Å². The molecule has 0 saturated heterocycles. The van der Waals surface area contributed by atoms with Crippen molar-refractivity contribution >= 4 is 29.1 Å². The number of nitrogens with zero attached hydrogens (tertiary/aromatic N) is 1. The van der Waals surface area contributed by atoms with Crippen LogP contribution < -0.4 is 11.1 Å². The van der Waals surface area contributed by atoms with Gasteiger partial charge in [-0.1, -0.05) is 35.8 Å². The van der Waals surface area contributed by atoms with Gasteiger partial charge in [-0.2, -0.15) is 0 Å². The molecular weight excluding hydrogens is 309 g/mol. The van der Waals surface area contributed by atoms with Gasteiger partial charge in [0, 0.05) is 23.0 Å². The van der Waals surface area contributed by atoms with Crippen LogP contribution in [0.4, 0.5) is 0 Å². The zero-order chi connectivity index (χ0) is 15.4. The van der Waals surface area contributed by atoms with Gasteiger partial charge in [0.25, 0.3) is 0 Å². The van der Waals surface area contributed by atoms with Crippen LogP contribution in [-0.4, -0.2) is 10.9 Å². The van der Waals surface area contributed by atoms with Crippen LogP contribution >= 0.6 is 23.2 Å². The first-order valence-corrected chi connectivity index (χ1v) is 6.86. The van der Waals surface area contributed by atoms with E-state index in [4.69, 9.17) is 28.9 Å². The Kier molecular flexibility index (Phi) is 4.83. The van der Waals surface area contributed by atoms with E-state index in [2.05, 4.69) is 16.9 Å². The fraction of sp³-hybridized carbons (Fsp3) is 0.0667. The highest BCUT2D eigenvalue weighted by atomic mass is 35.5. The molecule has 2 aromatic rings. The molecular formula is C15H13Cl2N3O. The van der Waals surface area contributed by atoms with E-state index in [0.29, 0.717) is 15.6 Å². The highest BCUT2D eigenvalue weighted by Crippen LogP contribution is 2.34. The van der Waals surface area contributed by atoms with Crippen molar-refractivity contribution in [3.05, 3.63) is 64.7 Å².